The number of nitrogens with one attached hydrogen (secondary N) is 2. The molecule has 0 fully saturated rings. The van der Waals surface area contributed by atoms with Crippen LogP contribution in [0.15, 0.2) is 60.0 Å². The number of rotatable bonds is 5. The normalized spacial score (nSPS) is 13.0. The highest BCUT2D eigenvalue weighted by atomic mass is 32.1. The first kappa shape index (κ1) is 18.1. The number of amides is 2. The Balaban J connectivity index is 1.38. The molecule has 28 heavy (non-hydrogen) atoms. The van der Waals surface area contributed by atoms with Crippen LogP contribution >= 0.6 is 11.3 Å². The molecule has 6 nitrogen and oxygen atoms in total. The molecule has 1 atom stereocenters. The molecule has 0 saturated carbocycles. The third kappa shape index (κ3) is 3.84. The van der Waals surface area contributed by atoms with Crippen LogP contribution in [0.5, 0.6) is 11.5 Å². The molecular formula is C21H18N2O4S. The van der Waals surface area contributed by atoms with E-state index in [2.05, 4.69) is 10.6 Å². The summed E-state index contributed by atoms with van der Waals surface area (Å²) in [5, 5.41) is 7.63. The third-order valence-corrected chi connectivity index (χ3v) is 5.26. The monoisotopic (exact) mass is 394 g/mol. The SMILES string of the molecule is CC(NC(=O)c1ccc(NC(=O)c2cccs2)cc1)c1ccc2c(c1)OCO2. The fourth-order valence-corrected chi connectivity index (χ4v) is 3.47. The number of hydrogen-bond donors (Lipinski definition) is 2. The third-order valence-electron chi connectivity index (χ3n) is 4.39. The van der Waals surface area contributed by atoms with Crippen LogP contribution in [0.4, 0.5) is 5.69 Å². The second-order valence-electron chi connectivity index (χ2n) is 6.32. The van der Waals surface area contributed by atoms with Gasteiger partial charge in [0.05, 0.1) is 10.9 Å². The van der Waals surface area contributed by atoms with Crippen molar-refractivity contribution in [2.24, 2.45) is 0 Å². The lowest BCUT2D eigenvalue weighted by molar-refractivity contribution is 0.0939. The summed E-state index contributed by atoms with van der Waals surface area (Å²) in [6.07, 6.45) is 0. The van der Waals surface area contributed by atoms with Crippen LogP contribution < -0.4 is 20.1 Å². The molecule has 2 heterocycles. The lowest BCUT2D eigenvalue weighted by atomic mass is 10.1. The molecule has 0 saturated heterocycles. The summed E-state index contributed by atoms with van der Waals surface area (Å²) >= 11 is 1.38. The molecule has 1 aliphatic heterocycles. The summed E-state index contributed by atoms with van der Waals surface area (Å²) in [6.45, 7) is 2.12. The number of ether oxygens (including phenoxy) is 2. The van der Waals surface area contributed by atoms with Gasteiger partial charge in [0.2, 0.25) is 6.79 Å². The van der Waals surface area contributed by atoms with Gasteiger partial charge in [-0.3, -0.25) is 9.59 Å². The number of thiophene rings is 1. The van der Waals surface area contributed by atoms with Crippen molar-refractivity contribution in [3.8, 4) is 11.5 Å². The van der Waals surface area contributed by atoms with E-state index >= 15 is 0 Å². The van der Waals surface area contributed by atoms with Gasteiger partial charge in [-0.15, -0.1) is 11.3 Å². The van der Waals surface area contributed by atoms with Gasteiger partial charge in [0.1, 0.15) is 0 Å². The smallest absolute Gasteiger partial charge is 0.265 e. The van der Waals surface area contributed by atoms with Crippen LogP contribution in [0.1, 0.15) is 38.6 Å². The van der Waals surface area contributed by atoms with Crippen LogP contribution in [0.25, 0.3) is 0 Å². The minimum absolute atomic E-state index is 0.163. The number of carbonyl (C=O) groups excluding carboxylic acids is 2. The molecule has 4 rings (SSSR count). The number of benzene rings is 2. The Morgan fingerprint density at radius 2 is 1.79 bits per heavy atom. The fraction of sp³-hybridized carbons (Fsp3) is 0.143. The van der Waals surface area contributed by atoms with Gasteiger partial charge in [-0.1, -0.05) is 12.1 Å². The van der Waals surface area contributed by atoms with E-state index in [1.54, 1.807) is 30.3 Å². The Hall–Kier alpha value is -3.32. The molecule has 2 amide bonds. The molecule has 2 aromatic carbocycles. The molecule has 2 N–H and O–H groups in total. The molecule has 0 aliphatic carbocycles. The number of fused-ring (bicyclic) bond motifs is 1. The van der Waals surface area contributed by atoms with E-state index in [0.717, 1.165) is 5.56 Å². The standard InChI is InChI=1S/C21H18N2O4S/c1-13(15-6-9-17-18(11-15)27-12-26-17)22-20(24)14-4-7-16(8-5-14)23-21(25)19-3-2-10-28-19/h2-11,13H,12H2,1H3,(H,22,24)(H,23,25). The van der Waals surface area contributed by atoms with Gasteiger partial charge in [-0.05, 0) is 60.3 Å². The second-order valence-corrected chi connectivity index (χ2v) is 7.26. The van der Waals surface area contributed by atoms with Crippen LogP contribution in [0, 0.1) is 0 Å². The Kier molecular flexibility index (Phi) is 4.99. The van der Waals surface area contributed by atoms with E-state index in [1.807, 2.05) is 36.6 Å². The number of hydrogen-bond acceptors (Lipinski definition) is 5. The molecule has 1 aliphatic rings. The molecule has 0 spiro atoms. The van der Waals surface area contributed by atoms with Gasteiger partial charge >= 0.3 is 0 Å². The summed E-state index contributed by atoms with van der Waals surface area (Å²) in [7, 11) is 0. The predicted molar refractivity (Wildman–Crippen MR) is 107 cm³/mol. The number of carbonyl (C=O) groups is 2. The van der Waals surface area contributed by atoms with E-state index in [-0.39, 0.29) is 24.6 Å². The van der Waals surface area contributed by atoms with Crippen molar-refractivity contribution < 1.29 is 19.1 Å². The lowest BCUT2D eigenvalue weighted by Gasteiger charge is -2.15. The Morgan fingerprint density at radius 3 is 2.54 bits per heavy atom. The van der Waals surface area contributed by atoms with Crippen molar-refractivity contribution in [1.82, 2.24) is 5.32 Å². The average Bonchev–Trinajstić information content (AvgIpc) is 3.39. The minimum Gasteiger partial charge on any atom is -0.454 e. The largest absolute Gasteiger partial charge is 0.454 e. The van der Waals surface area contributed by atoms with Gasteiger partial charge in [-0.2, -0.15) is 0 Å². The van der Waals surface area contributed by atoms with E-state index < -0.39 is 0 Å². The van der Waals surface area contributed by atoms with Crippen molar-refractivity contribution in [1.29, 1.82) is 0 Å². The van der Waals surface area contributed by atoms with Gasteiger partial charge in [0.15, 0.2) is 11.5 Å². The molecule has 0 radical (unpaired) electrons. The Bertz CT molecular complexity index is 1000. The molecule has 7 heteroatoms. The first-order valence-electron chi connectivity index (χ1n) is 8.75. The lowest BCUT2D eigenvalue weighted by Crippen LogP contribution is -2.26. The molecule has 0 bridgehead atoms. The van der Waals surface area contributed by atoms with E-state index in [4.69, 9.17) is 9.47 Å². The molecular weight excluding hydrogens is 376 g/mol. The van der Waals surface area contributed by atoms with Gasteiger partial charge in [-0.25, -0.2) is 0 Å². The summed E-state index contributed by atoms with van der Waals surface area (Å²) < 4.78 is 10.7. The minimum atomic E-state index is -0.194. The molecule has 1 aromatic heterocycles. The van der Waals surface area contributed by atoms with Crippen LogP contribution in [-0.4, -0.2) is 18.6 Å². The van der Waals surface area contributed by atoms with E-state index in [9.17, 15) is 9.59 Å². The summed E-state index contributed by atoms with van der Waals surface area (Å²) in [5.41, 5.74) is 2.08. The molecule has 1 unspecified atom stereocenters. The fourth-order valence-electron chi connectivity index (χ4n) is 2.85. The summed E-state index contributed by atoms with van der Waals surface area (Å²) in [4.78, 5) is 25.2. The molecule has 3 aromatic rings. The van der Waals surface area contributed by atoms with Crippen molar-refractivity contribution >= 4 is 28.8 Å². The van der Waals surface area contributed by atoms with Gasteiger partial charge in [0.25, 0.3) is 11.8 Å². The maximum Gasteiger partial charge on any atom is 0.265 e. The molecule has 142 valence electrons. The predicted octanol–water partition coefficient (Wildman–Crippen LogP) is 4.22. The zero-order valence-electron chi connectivity index (χ0n) is 15.1. The van der Waals surface area contributed by atoms with Gasteiger partial charge < -0.3 is 20.1 Å². The maximum absolute atomic E-state index is 12.5. The van der Waals surface area contributed by atoms with Crippen molar-refractivity contribution in [2.75, 3.05) is 12.1 Å². The Morgan fingerprint density at radius 1 is 1.00 bits per heavy atom. The average molecular weight is 394 g/mol. The highest BCUT2D eigenvalue weighted by Gasteiger charge is 2.17. The summed E-state index contributed by atoms with van der Waals surface area (Å²) in [6, 6.07) is 15.8. The zero-order chi connectivity index (χ0) is 19.5. The van der Waals surface area contributed by atoms with E-state index in [0.29, 0.717) is 27.6 Å². The van der Waals surface area contributed by atoms with Gasteiger partial charge in [0, 0.05) is 11.3 Å². The first-order chi connectivity index (χ1) is 13.6. The Labute approximate surface area is 166 Å². The van der Waals surface area contributed by atoms with Crippen molar-refractivity contribution in [3.05, 3.63) is 76.0 Å². The first-order valence-corrected chi connectivity index (χ1v) is 9.63. The highest BCUT2D eigenvalue weighted by Crippen LogP contribution is 2.34. The number of anilines is 1. The zero-order valence-corrected chi connectivity index (χ0v) is 15.9. The van der Waals surface area contributed by atoms with Crippen LogP contribution in [-0.2, 0) is 0 Å². The topological polar surface area (TPSA) is 76.7 Å². The maximum atomic E-state index is 12.5. The van der Waals surface area contributed by atoms with E-state index in [1.165, 1.54) is 11.3 Å². The van der Waals surface area contributed by atoms with Crippen LogP contribution in [0.3, 0.4) is 0 Å². The summed E-state index contributed by atoms with van der Waals surface area (Å²) in [5.74, 6) is 1.04. The van der Waals surface area contributed by atoms with Crippen molar-refractivity contribution in [2.45, 2.75) is 13.0 Å². The second kappa shape index (κ2) is 7.74. The quantitative estimate of drug-likeness (QED) is 0.679. The van der Waals surface area contributed by atoms with Crippen molar-refractivity contribution in [3.63, 3.8) is 0 Å². The van der Waals surface area contributed by atoms with Crippen LogP contribution in [0.2, 0.25) is 0 Å². The highest BCUT2D eigenvalue weighted by molar-refractivity contribution is 7.12.